The van der Waals surface area contributed by atoms with E-state index in [4.69, 9.17) is 10.00 Å². The van der Waals surface area contributed by atoms with Crippen molar-refractivity contribution in [1.82, 2.24) is 0 Å². The Balaban J connectivity index is 2.06. The molecule has 0 spiro atoms. The number of nitriles is 1. The summed E-state index contributed by atoms with van der Waals surface area (Å²) in [5.41, 5.74) is 1.79. The van der Waals surface area contributed by atoms with E-state index in [0.717, 1.165) is 36.1 Å². The van der Waals surface area contributed by atoms with Gasteiger partial charge >= 0.3 is 0 Å². The van der Waals surface area contributed by atoms with Gasteiger partial charge in [-0.1, -0.05) is 12.1 Å². The Morgan fingerprint density at radius 1 is 1.47 bits per heavy atom. The molecule has 3 heteroatoms. The van der Waals surface area contributed by atoms with Gasteiger partial charge in [0.2, 0.25) is 0 Å². The zero-order valence-corrected chi connectivity index (χ0v) is 11.6. The second-order valence-corrected chi connectivity index (χ2v) is 5.83. The molecule has 0 fully saturated rings. The van der Waals surface area contributed by atoms with E-state index >= 15 is 0 Å². The Bertz CT molecular complexity index is 488. The third-order valence-electron chi connectivity index (χ3n) is 3.72. The van der Waals surface area contributed by atoms with Crippen LogP contribution in [0.5, 0.6) is 5.75 Å². The van der Waals surface area contributed by atoms with E-state index < -0.39 is 0 Å². The summed E-state index contributed by atoms with van der Waals surface area (Å²) in [5, 5.41) is 19.0. The first-order chi connectivity index (χ1) is 9.03. The molecule has 2 rings (SSSR count). The molecule has 1 aromatic carbocycles. The van der Waals surface area contributed by atoms with Gasteiger partial charge < -0.3 is 9.84 Å². The molecule has 0 radical (unpaired) electrons. The maximum Gasteiger partial charge on any atom is 0.122 e. The average molecular weight is 259 g/mol. The van der Waals surface area contributed by atoms with Gasteiger partial charge in [0.25, 0.3) is 0 Å². The lowest BCUT2D eigenvalue weighted by atomic mass is 9.89. The standard InChI is InChI=1S/C16H21NO2/c1-16(2,11-17)9-10-19-15-8-4-5-12-13(15)6-3-7-14(12)18/h4-5,8,14,18H,3,6-7,9-10H2,1-2H3. The van der Waals surface area contributed by atoms with Gasteiger partial charge in [-0.3, -0.25) is 0 Å². The van der Waals surface area contributed by atoms with Crippen molar-refractivity contribution in [1.29, 1.82) is 5.26 Å². The molecule has 0 saturated heterocycles. The highest BCUT2D eigenvalue weighted by molar-refractivity contribution is 5.42. The summed E-state index contributed by atoms with van der Waals surface area (Å²) in [7, 11) is 0. The lowest BCUT2D eigenvalue weighted by Gasteiger charge is -2.24. The van der Waals surface area contributed by atoms with E-state index in [1.54, 1.807) is 0 Å². The van der Waals surface area contributed by atoms with E-state index in [0.29, 0.717) is 13.0 Å². The number of rotatable bonds is 4. The molecule has 102 valence electrons. The SMILES string of the molecule is CC(C)(C#N)CCOc1cccc2c1CCCC2O. The van der Waals surface area contributed by atoms with E-state index in [1.807, 2.05) is 32.0 Å². The molecule has 3 nitrogen and oxygen atoms in total. The van der Waals surface area contributed by atoms with E-state index in [-0.39, 0.29) is 11.5 Å². The molecular weight excluding hydrogens is 238 g/mol. The third-order valence-corrected chi connectivity index (χ3v) is 3.72. The molecule has 1 unspecified atom stereocenters. The van der Waals surface area contributed by atoms with Crippen molar-refractivity contribution >= 4 is 0 Å². The first kappa shape index (κ1) is 13.9. The van der Waals surface area contributed by atoms with Crippen molar-refractivity contribution in [2.75, 3.05) is 6.61 Å². The van der Waals surface area contributed by atoms with Crippen molar-refractivity contribution in [3.8, 4) is 11.8 Å². The molecule has 1 aliphatic carbocycles. The van der Waals surface area contributed by atoms with Gasteiger partial charge in [0.1, 0.15) is 5.75 Å². The molecule has 19 heavy (non-hydrogen) atoms. The quantitative estimate of drug-likeness (QED) is 0.901. The number of aliphatic hydroxyl groups is 1. The van der Waals surface area contributed by atoms with E-state index in [1.165, 1.54) is 0 Å². The number of ether oxygens (including phenoxy) is 1. The Labute approximate surface area is 114 Å². The maximum atomic E-state index is 9.98. The topological polar surface area (TPSA) is 53.2 Å². The van der Waals surface area contributed by atoms with Crippen LogP contribution in [0.15, 0.2) is 18.2 Å². The predicted molar refractivity (Wildman–Crippen MR) is 73.8 cm³/mol. The van der Waals surface area contributed by atoms with Gasteiger partial charge in [0, 0.05) is 0 Å². The number of benzene rings is 1. The first-order valence-electron chi connectivity index (χ1n) is 6.87. The van der Waals surface area contributed by atoms with Crippen LogP contribution in [-0.4, -0.2) is 11.7 Å². The maximum absolute atomic E-state index is 9.98. The number of hydrogen-bond acceptors (Lipinski definition) is 3. The van der Waals surface area contributed by atoms with Crippen LogP contribution < -0.4 is 4.74 Å². The molecule has 0 bridgehead atoms. The third kappa shape index (κ3) is 3.27. The summed E-state index contributed by atoms with van der Waals surface area (Å²) >= 11 is 0. The van der Waals surface area contributed by atoms with Crippen LogP contribution in [0, 0.1) is 16.7 Å². The smallest absolute Gasteiger partial charge is 0.122 e. The fourth-order valence-electron chi connectivity index (χ4n) is 2.40. The molecule has 1 aliphatic rings. The molecule has 0 saturated carbocycles. The van der Waals surface area contributed by atoms with Gasteiger partial charge in [-0.15, -0.1) is 0 Å². The van der Waals surface area contributed by atoms with Gasteiger partial charge in [0.15, 0.2) is 0 Å². The molecule has 1 atom stereocenters. The largest absolute Gasteiger partial charge is 0.493 e. The zero-order valence-electron chi connectivity index (χ0n) is 11.6. The van der Waals surface area contributed by atoms with Crippen molar-refractivity contribution in [2.45, 2.75) is 45.6 Å². The summed E-state index contributed by atoms with van der Waals surface area (Å²) in [6.45, 7) is 4.37. The minimum Gasteiger partial charge on any atom is -0.493 e. The number of hydrogen-bond donors (Lipinski definition) is 1. The van der Waals surface area contributed by atoms with Crippen LogP contribution in [0.1, 0.15) is 50.3 Å². The zero-order chi connectivity index (χ0) is 13.9. The van der Waals surface area contributed by atoms with Crippen molar-refractivity contribution in [3.63, 3.8) is 0 Å². The molecular formula is C16H21NO2. The summed E-state index contributed by atoms with van der Waals surface area (Å²) < 4.78 is 5.83. The highest BCUT2D eigenvalue weighted by atomic mass is 16.5. The Morgan fingerprint density at radius 2 is 2.26 bits per heavy atom. The van der Waals surface area contributed by atoms with Gasteiger partial charge in [-0.25, -0.2) is 0 Å². The summed E-state index contributed by atoms with van der Waals surface area (Å²) in [6, 6.07) is 8.14. The lowest BCUT2D eigenvalue weighted by molar-refractivity contribution is 0.155. The normalized spacial score (nSPS) is 18.5. The molecule has 0 aliphatic heterocycles. The van der Waals surface area contributed by atoms with Crippen LogP contribution in [0.25, 0.3) is 0 Å². The van der Waals surface area contributed by atoms with Gasteiger partial charge in [0.05, 0.1) is 24.2 Å². The number of aliphatic hydroxyl groups excluding tert-OH is 1. The molecule has 0 aromatic heterocycles. The van der Waals surface area contributed by atoms with E-state index in [9.17, 15) is 5.11 Å². The second kappa shape index (κ2) is 5.63. The van der Waals surface area contributed by atoms with Crippen LogP contribution >= 0.6 is 0 Å². The highest BCUT2D eigenvalue weighted by Crippen LogP contribution is 2.35. The number of fused-ring (bicyclic) bond motifs is 1. The fraction of sp³-hybridized carbons (Fsp3) is 0.562. The summed E-state index contributed by atoms with van der Waals surface area (Å²) in [5.74, 6) is 0.866. The second-order valence-electron chi connectivity index (χ2n) is 5.83. The Morgan fingerprint density at radius 3 is 3.00 bits per heavy atom. The minimum absolute atomic E-state index is 0.353. The van der Waals surface area contributed by atoms with E-state index in [2.05, 4.69) is 6.07 Å². The predicted octanol–water partition coefficient (Wildman–Crippen LogP) is 3.37. The van der Waals surface area contributed by atoms with Crippen LogP contribution in [0.4, 0.5) is 0 Å². The van der Waals surface area contributed by atoms with Gasteiger partial charge in [-0.05, 0) is 56.7 Å². The summed E-state index contributed by atoms with van der Waals surface area (Å²) in [4.78, 5) is 0. The Hall–Kier alpha value is -1.53. The fourth-order valence-corrected chi connectivity index (χ4v) is 2.40. The lowest BCUT2D eigenvalue weighted by Crippen LogP contribution is -2.15. The summed E-state index contributed by atoms with van der Waals surface area (Å²) in [6.07, 6.45) is 3.14. The van der Waals surface area contributed by atoms with Gasteiger partial charge in [-0.2, -0.15) is 5.26 Å². The minimum atomic E-state index is -0.358. The van der Waals surface area contributed by atoms with Crippen molar-refractivity contribution < 1.29 is 9.84 Å². The Kier molecular flexibility index (Phi) is 4.11. The van der Waals surface area contributed by atoms with Crippen LogP contribution in [0.2, 0.25) is 0 Å². The van der Waals surface area contributed by atoms with Crippen molar-refractivity contribution in [2.24, 2.45) is 5.41 Å². The van der Waals surface area contributed by atoms with Crippen LogP contribution in [0.3, 0.4) is 0 Å². The first-order valence-corrected chi connectivity index (χ1v) is 6.87. The average Bonchev–Trinajstić information content (AvgIpc) is 2.40. The molecule has 1 N–H and O–H groups in total. The monoisotopic (exact) mass is 259 g/mol. The molecule has 1 aromatic rings. The highest BCUT2D eigenvalue weighted by Gasteiger charge is 2.21. The number of nitrogens with zero attached hydrogens (tertiary/aromatic N) is 1. The molecule has 0 heterocycles. The molecule has 0 amide bonds. The van der Waals surface area contributed by atoms with Crippen LogP contribution in [-0.2, 0) is 6.42 Å². The van der Waals surface area contributed by atoms with Crippen molar-refractivity contribution in [3.05, 3.63) is 29.3 Å².